The number of rotatable bonds is 4. The molecule has 0 saturated carbocycles. The molecule has 16 heteroatoms. The molecule has 13 nitrogen and oxygen atoms in total. The Labute approximate surface area is 243 Å². The van der Waals surface area contributed by atoms with Crippen molar-refractivity contribution in [3.8, 4) is 5.69 Å². The van der Waals surface area contributed by atoms with Gasteiger partial charge in [-0.2, -0.15) is 13.2 Å². The number of nitrogens with one attached hydrogen (secondary N) is 1. The molecule has 4 aliphatic heterocycles. The first-order chi connectivity index (χ1) is 20.4. The third-order valence-electron chi connectivity index (χ3n) is 8.28. The van der Waals surface area contributed by atoms with Crippen molar-refractivity contribution in [2.45, 2.75) is 69.9 Å². The molecule has 4 amide bonds. The lowest BCUT2D eigenvalue weighted by Crippen LogP contribution is -2.52. The first-order valence-corrected chi connectivity index (χ1v) is 13.9. The van der Waals surface area contributed by atoms with Gasteiger partial charge < -0.3 is 19.8 Å². The number of alkyl halides is 3. The molecule has 6 rings (SSSR count). The standard InChI is InChI=1S/C25H29N7O4.C2HF3O2/c1-2-29-10-9-16-3-4-18(13-29)32(16)25(36)20-14-31(28-27-20)17-5-6-19-15(11-17)12-30(24(19)35)21-7-8-22(33)26-23(21)34;3-2(4,5)1(6)7/h5-6,11,14,16,18,21H,2-4,7-10,12-13H2,1H3,(H,26,33,34);(H,6,7). The first-order valence-electron chi connectivity index (χ1n) is 13.9. The topological polar surface area (TPSA) is 158 Å². The van der Waals surface area contributed by atoms with Crippen molar-refractivity contribution in [2.75, 3.05) is 19.6 Å². The van der Waals surface area contributed by atoms with E-state index in [1.54, 1.807) is 23.0 Å². The second-order valence-electron chi connectivity index (χ2n) is 10.9. The third-order valence-corrected chi connectivity index (χ3v) is 8.28. The van der Waals surface area contributed by atoms with Crippen LogP contribution >= 0.6 is 0 Å². The predicted octanol–water partition coefficient (Wildman–Crippen LogP) is 1.36. The fraction of sp³-hybridized carbons (Fsp3) is 0.519. The van der Waals surface area contributed by atoms with Crippen LogP contribution in [0, 0.1) is 0 Å². The number of aromatic nitrogens is 3. The fourth-order valence-corrected chi connectivity index (χ4v) is 6.09. The second kappa shape index (κ2) is 11.7. The molecule has 4 aliphatic rings. The van der Waals surface area contributed by atoms with Crippen LogP contribution in [0.4, 0.5) is 13.2 Å². The molecule has 0 spiro atoms. The van der Waals surface area contributed by atoms with E-state index >= 15 is 0 Å². The number of amides is 4. The molecule has 0 aliphatic carbocycles. The number of imide groups is 1. The average molecular weight is 606 g/mol. The van der Waals surface area contributed by atoms with Crippen molar-refractivity contribution in [3.63, 3.8) is 0 Å². The van der Waals surface area contributed by atoms with Gasteiger partial charge in [-0.05, 0) is 56.0 Å². The van der Waals surface area contributed by atoms with Gasteiger partial charge in [0.05, 0.1) is 11.9 Å². The largest absolute Gasteiger partial charge is 0.490 e. The van der Waals surface area contributed by atoms with Gasteiger partial charge in [-0.1, -0.05) is 12.1 Å². The quantitative estimate of drug-likeness (QED) is 0.491. The van der Waals surface area contributed by atoms with Crippen LogP contribution in [0.1, 0.15) is 65.4 Å². The van der Waals surface area contributed by atoms with Crippen molar-refractivity contribution in [1.82, 2.24) is 35.0 Å². The van der Waals surface area contributed by atoms with Crippen LogP contribution in [0.15, 0.2) is 24.4 Å². The number of fused-ring (bicyclic) bond motifs is 3. The number of hydrogen-bond acceptors (Lipinski definition) is 8. The van der Waals surface area contributed by atoms with Gasteiger partial charge in [0.25, 0.3) is 11.8 Å². The highest BCUT2D eigenvalue weighted by Gasteiger charge is 2.42. The van der Waals surface area contributed by atoms with Gasteiger partial charge in [0.15, 0.2) is 5.69 Å². The number of carboxylic acid groups (broad SMARTS) is 1. The maximum atomic E-state index is 13.4. The molecule has 3 fully saturated rings. The Morgan fingerprint density at radius 1 is 1.09 bits per heavy atom. The Morgan fingerprint density at radius 2 is 1.81 bits per heavy atom. The summed E-state index contributed by atoms with van der Waals surface area (Å²) in [6, 6.07) is 5.12. The molecule has 2 bridgehead atoms. The van der Waals surface area contributed by atoms with Crippen LogP contribution in [0.2, 0.25) is 0 Å². The lowest BCUT2D eigenvalue weighted by molar-refractivity contribution is -0.192. The number of hydrogen-bond donors (Lipinski definition) is 2. The number of carbonyl (C=O) groups is 5. The van der Waals surface area contributed by atoms with E-state index in [1.807, 2.05) is 11.0 Å². The fourth-order valence-electron chi connectivity index (χ4n) is 6.09. The Hall–Kier alpha value is -4.34. The lowest BCUT2D eigenvalue weighted by atomic mass is 10.0. The van der Waals surface area contributed by atoms with Gasteiger partial charge in [-0.25, -0.2) is 9.48 Å². The third kappa shape index (κ3) is 6.09. The minimum atomic E-state index is -5.08. The zero-order chi connectivity index (χ0) is 31.1. The smallest absolute Gasteiger partial charge is 0.475 e. The van der Waals surface area contributed by atoms with Crippen LogP contribution in [-0.4, -0.2) is 108 Å². The molecular formula is C27H30F3N7O6. The number of nitrogens with zero attached hydrogens (tertiary/aromatic N) is 6. The van der Waals surface area contributed by atoms with E-state index in [2.05, 4.69) is 27.5 Å². The summed E-state index contributed by atoms with van der Waals surface area (Å²) in [4.78, 5) is 65.0. The van der Waals surface area contributed by atoms with Gasteiger partial charge in [0.2, 0.25) is 11.8 Å². The number of halogens is 3. The summed E-state index contributed by atoms with van der Waals surface area (Å²) in [5, 5.41) is 17.8. The van der Waals surface area contributed by atoms with Crippen LogP contribution in [-0.2, 0) is 20.9 Å². The number of aliphatic carboxylic acids is 1. The van der Waals surface area contributed by atoms with Crippen molar-refractivity contribution >= 4 is 29.6 Å². The number of carbonyl (C=O) groups excluding carboxylic acids is 4. The highest BCUT2D eigenvalue weighted by Crippen LogP contribution is 2.32. The monoisotopic (exact) mass is 605 g/mol. The van der Waals surface area contributed by atoms with Gasteiger partial charge in [0, 0.05) is 43.7 Å². The van der Waals surface area contributed by atoms with E-state index in [0.29, 0.717) is 23.4 Å². The summed E-state index contributed by atoms with van der Waals surface area (Å²) in [6.45, 7) is 5.33. The van der Waals surface area contributed by atoms with Gasteiger partial charge in [-0.3, -0.25) is 24.5 Å². The van der Waals surface area contributed by atoms with E-state index < -0.39 is 24.1 Å². The highest BCUT2D eigenvalue weighted by molar-refractivity contribution is 6.05. The van der Waals surface area contributed by atoms with Crippen LogP contribution in [0.25, 0.3) is 5.69 Å². The molecule has 1 aromatic carbocycles. The molecule has 5 heterocycles. The van der Waals surface area contributed by atoms with E-state index in [9.17, 15) is 32.3 Å². The molecule has 43 heavy (non-hydrogen) atoms. The highest BCUT2D eigenvalue weighted by atomic mass is 19.4. The maximum absolute atomic E-state index is 13.4. The first kappa shape index (κ1) is 30.1. The van der Waals surface area contributed by atoms with Crippen LogP contribution in [0.5, 0.6) is 0 Å². The minimum Gasteiger partial charge on any atom is -0.475 e. The van der Waals surface area contributed by atoms with Gasteiger partial charge in [-0.15, -0.1) is 5.10 Å². The Bertz CT molecular complexity index is 1460. The molecular weight excluding hydrogens is 575 g/mol. The Morgan fingerprint density at radius 3 is 2.49 bits per heavy atom. The van der Waals surface area contributed by atoms with E-state index in [-0.39, 0.29) is 42.8 Å². The zero-order valence-electron chi connectivity index (χ0n) is 23.2. The minimum absolute atomic E-state index is 0.0768. The normalized spacial score (nSPS) is 23.8. The maximum Gasteiger partial charge on any atom is 0.490 e. The van der Waals surface area contributed by atoms with Crippen molar-refractivity contribution in [1.29, 1.82) is 0 Å². The molecule has 3 atom stereocenters. The zero-order valence-corrected chi connectivity index (χ0v) is 23.2. The van der Waals surface area contributed by atoms with E-state index in [1.165, 1.54) is 4.90 Å². The van der Waals surface area contributed by atoms with E-state index in [0.717, 1.165) is 44.5 Å². The Balaban J connectivity index is 0.000000472. The molecule has 3 saturated heterocycles. The molecule has 2 N–H and O–H groups in total. The summed E-state index contributed by atoms with van der Waals surface area (Å²) in [7, 11) is 0. The van der Waals surface area contributed by atoms with Crippen LogP contribution < -0.4 is 5.32 Å². The number of piperidine rings is 1. The SMILES string of the molecule is CCN1CCC2CCC(C1)N2C(=O)c1cn(-c2ccc3c(c2)CN(C2CCC(=O)NC2=O)C3=O)nn1.O=C(O)C(F)(F)F. The summed E-state index contributed by atoms with van der Waals surface area (Å²) < 4.78 is 33.3. The van der Waals surface area contributed by atoms with Crippen molar-refractivity contribution in [3.05, 3.63) is 41.2 Å². The second-order valence-corrected chi connectivity index (χ2v) is 10.9. The average Bonchev–Trinajstić information content (AvgIpc) is 3.64. The van der Waals surface area contributed by atoms with Gasteiger partial charge in [0.1, 0.15) is 6.04 Å². The summed E-state index contributed by atoms with van der Waals surface area (Å²) >= 11 is 0. The summed E-state index contributed by atoms with van der Waals surface area (Å²) in [6.07, 6.45) is 0.134. The lowest BCUT2D eigenvalue weighted by Gasteiger charge is -2.29. The number of likely N-dealkylation sites (tertiary alicyclic amines) is 1. The molecule has 0 radical (unpaired) electrons. The van der Waals surface area contributed by atoms with Gasteiger partial charge >= 0.3 is 12.1 Å². The van der Waals surface area contributed by atoms with Crippen molar-refractivity contribution < 1.29 is 42.3 Å². The molecule has 230 valence electrons. The summed E-state index contributed by atoms with van der Waals surface area (Å²) in [5.41, 5.74) is 2.31. The van der Waals surface area contributed by atoms with Crippen LogP contribution in [0.3, 0.4) is 0 Å². The molecule has 2 aromatic rings. The van der Waals surface area contributed by atoms with Crippen molar-refractivity contribution in [2.24, 2.45) is 0 Å². The molecule has 1 aromatic heterocycles. The number of benzene rings is 1. The predicted molar refractivity (Wildman–Crippen MR) is 141 cm³/mol. The number of likely N-dealkylation sites (N-methyl/N-ethyl adjacent to an activating group) is 1. The molecule has 3 unspecified atom stereocenters. The Kier molecular flexibility index (Phi) is 8.23. The number of carboxylic acids is 1. The van der Waals surface area contributed by atoms with E-state index in [4.69, 9.17) is 9.90 Å². The summed E-state index contributed by atoms with van der Waals surface area (Å²) in [5.74, 6) is -3.80.